The maximum Gasteiger partial charge on any atom is 0.268 e. The summed E-state index contributed by atoms with van der Waals surface area (Å²) in [6.45, 7) is 0. The van der Waals surface area contributed by atoms with Crippen molar-refractivity contribution >= 4 is 5.91 Å². The van der Waals surface area contributed by atoms with Crippen LogP contribution >= 0.6 is 0 Å². The van der Waals surface area contributed by atoms with E-state index in [-0.39, 0.29) is 6.23 Å². The quantitative estimate of drug-likeness (QED) is 0.719. The first-order valence-electron chi connectivity index (χ1n) is 4.24. The number of carbonyl (C=O) groups is 1. The predicted octanol–water partition coefficient (Wildman–Crippen LogP) is 0.632. The number of benzene rings is 1. The Bertz CT molecular complexity index is 373. The topological polar surface area (TPSA) is 64.4 Å². The monoisotopic (exact) mass is 190 g/mol. The van der Waals surface area contributed by atoms with Crippen LogP contribution in [0.4, 0.5) is 0 Å². The van der Waals surface area contributed by atoms with Crippen LogP contribution in [0.15, 0.2) is 42.3 Å². The second-order valence-electron chi connectivity index (χ2n) is 2.97. The van der Waals surface area contributed by atoms with Crippen molar-refractivity contribution < 1.29 is 9.53 Å². The van der Waals surface area contributed by atoms with Gasteiger partial charge in [-0.05, 0) is 0 Å². The lowest BCUT2D eigenvalue weighted by Crippen LogP contribution is -2.25. The average Bonchev–Trinajstić information content (AvgIpc) is 2.68. The Hall–Kier alpha value is -1.97. The van der Waals surface area contributed by atoms with Crippen LogP contribution in [0.2, 0.25) is 0 Å². The lowest BCUT2D eigenvalue weighted by Gasteiger charge is -2.11. The standard InChI is InChI=1S/C10H10N2O2/c11-9(13)8-6-14-10(12-8)7-4-2-1-3-5-7/h1-6,10,12H,(H2,11,13). The molecule has 4 heteroatoms. The summed E-state index contributed by atoms with van der Waals surface area (Å²) >= 11 is 0. The molecule has 0 aromatic heterocycles. The number of primary amides is 1. The number of ether oxygens (including phenoxy) is 1. The number of hydrogen-bond acceptors (Lipinski definition) is 3. The summed E-state index contributed by atoms with van der Waals surface area (Å²) in [6.07, 6.45) is 1.04. The van der Waals surface area contributed by atoms with Gasteiger partial charge in [-0.3, -0.25) is 4.79 Å². The van der Waals surface area contributed by atoms with E-state index in [1.165, 1.54) is 6.26 Å². The molecule has 1 amide bonds. The van der Waals surface area contributed by atoms with Crippen LogP contribution in [0.25, 0.3) is 0 Å². The molecule has 1 aromatic carbocycles. The fourth-order valence-corrected chi connectivity index (χ4v) is 1.26. The molecular formula is C10H10N2O2. The van der Waals surface area contributed by atoms with Crippen LogP contribution in [0.1, 0.15) is 11.8 Å². The van der Waals surface area contributed by atoms with Crippen LogP contribution in [0.3, 0.4) is 0 Å². The van der Waals surface area contributed by atoms with Crippen LogP contribution in [-0.2, 0) is 9.53 Å². The first kappa shape index (κ1) is 8.62. The van der Waals surface area contributed by atoms with Crippen molar-refractivity contribution in [3.63, 3.8) is 0 Å². The molecule has 0 spiro atoms. The molecule has 1 atom stereocenters. The van der Waals surface area contributed by atoms with E-state index in [9.17, 15) is 4.79 Å². The summed E-state index contributed by atoms with van der Waals surface area (Å²) in [5.41, 5.74) is 6.35. The zero-order chi connectivity index (χ0) is 9.97. The second kappa shape index (κ2) is 3.41. The smallest absolute Gasteiger partial charge is 0.268 e. The van der Waals surface area contributed by atoms with Crippen LogP contribution in [0.5, 0.6) is 0 Å². The summed E-state index contributed by atoms with van der Waals surface area (Å²) < 4.78 is 5.24. The SMILES string of the molecule is NC(=O)C1=COC(c2ccccc2)N1. The summed E-state index contributed by atoms with van der Waals surface area (Å²) in [5.74, 6) is -0.511. The summed E-state index contributed by atoms with van der Waals surface area (Å²) in [5, 5.41) is 2.87. The minimum Gasteiger partial charge on any atom is -0.472 e. The molecule has 1 aliphatic rings. The first-order chi connectivity index (χ1) is 6.77. The third-order valence-corrected chi connectivity index (χ3v) is 1.98. The van der Waals surface area contributed by atoms with Gasteiger partial charge in [-0.15, -0.1) is 0 Å². The molecular weight excluding hydrogens is 180 g/mol. The van der Waals surface area contributed by atoms with Gasteiger partial charge in [0.1, 0.15) is 12.0 Å². The lowest BCUT2D eigenvalue weighted by molar-refractivity contribution is -0.114. The molecule has 0 bridgehead atoms. The highest BCUT2D eigenvalue weighted by Gasteiger charge is 2.21. The van der Waals surface area contributed by atoms with Gasteiger partial charge in [0, 0.05) is 5.56 Å². The lowest BCUT2D eigenvalue weighted by atomic mass is 10.2. The number of amides is 1. The van der Waals surface area contributed by atoms with Crippen molar-refractivity contribution in [3.05, 3.63) is 47.9 Å². The molecule has 0 fully saturated rings. The number of rotatable bonds is 2. The number of nitrogens with one attached hydrogen (secondary N) is 1. The molecule has 2 rings (SSSR count). The van der Waals surface area contributed by atoms with Crippen molar-refractivity contribution in [3.8, 4) is 0 Å². The molecule has 0 saturated heterocycles. The van der Waals surface area contributed by atoms with Gasteiger partial charge >= 0.3 is 0 Å². The fraction of sp³-hybridized carbons (Fsp3) is 0.100. The Morgan fingerprint density at radius 2 is 2.07 bits per heavy atom. The zero-order valence-corrected chi connectivity index (χ0v) is 7.44. The number of carbonyl (C=O) groups excluding carboxylic acids is 1. The van der Waals surface area contributed by atoms with Gasteiger partial charge in [0.15, 0.2) is 6.23 Å². The van der Waals surface area contributed by atoms with E-state index in [0.717, 1.165) is 5.56 Å². The molecule has 0 saturated carbocycles. The van der Waals surface area contributed by atoms with E-state index in [4.69, 9.17) is 10.5 Å². The zero-order valence-electron chi connectivity index (χ0n) is 7.44. The highest BCUT2D eigenvalue weighted by Crippen LogP contribution is 2.20. The van der Waals surface area contributed by atoms with E-state index >= 15 is 0 Å². The number of hydrogen-bond donors (Lipinski definition) is 2. The average molecular weight is 190 g/mol. The van der Waals surface area contributed by atoms with Crippen LogP contribution in [-0.4, -0.2) is 5.91 Å². The Morgan fingerprint density at radius 1 is 1.36 bits per heavy atom. The van der Waals surface area contributed by atoms with E-state index in [2.05, 4.69) is 5.32 Å². The Morgan fingerprint density at radius 3 is 2.64 bits per heavy atom. The van der Waals surface area contributed by atoms with Crippen molar-refractivity contribution in [2.24, 2.45) is 5.73 Å². The molecule has 1 aromatic rings. The highest BCUT2D eigenvalue weighted by atomic mass is 16.5. The first-order valence-corrected chi connectivity index (χ1v) is 4.24. The Balaban J connectivity index is 2.10. The predicted molar refractivity (Wildman–Crippen MR) is 50.7 cm³/mol. The van der Waals surface area contributed by atoms with E-state index in [1.807, 2.05) is 30.3 Å². The van der Waals surface area contributed by atoms with Gasteiger partial charge < -0.3 is 15.8 Å². The maximum atomic E-state index is 10.8. The van der Waals surface area contributed by atoms with E-state index in [1.54, 1.807) is 0 Å². The van der Waals surface area contributed by atoms with Crippen molar-refractivity contribution in [1.82, 2.24) is 5.32 Å². The van der Waals surface area contributed by atoms with Crippen LogP contribution < -0.4 is 11.1 Å². The third kappa shape index (κ3) is 1.54. The molecule has 14 heavy (non-hydrogen) atoms. The van der Waals surface area contributed by atoms with Crippen LogP contribution in [0, 0.1) is 0 Å². The molecule has 0 aliphatic carbocycles. The second-order valence-corrected chi connectivity index (χ2v) is 2.97. The van der Waals surface area contributed by atoms with E-state index in [0.29, 0.717) is 5.70 Å². The molecule has 4 nitrogen and oxygen atoms in total. The molecule has 0 radical (unpaired) electrons. The van der Waals surface area contributed by atoms with E-state index < -0.39 is 5.91 Å². The molecule has 72 valence electrons. The fourth-order valence-electron chi connectivity index (χ4n) is 1.26. The third-order valence-electron chi connectivity index (χ3n) is 1.98. The Kier molecular flexibility index (Phi) is 2.10. The van der Waals surface area contributed by atoms with Gasteiger partial charge in [0.2, 0.25) is 0 Å². The summed E-state index contributed by atoms with van der Waals surface area (Å²) in [6, 6.07) is 9.55. The maximum absolute atomic E-state index is 10.8. The highest BCUT2D eigenvalue weighted by molar-refractivity contribution is 5.91. The van der Waals surface area contributed by atoms with Gasteiger partial charge in [0.05, 0.1) is 0 Å². The Labute approximate surface area is 81.4 Å². The van der Waals surface area contributed by atoms with Gasteiger partial charge in [0.25, 0.3) is 5.91 Å². The van der Waals surface area contributed by atoms with Gasteiger partial charge in [-0.25, -0.2) is 0 Å². The molecule has 1 heterocycles. The van der Waals surface area contributed by atoms with Gasteiger partial charge in [-0.2, -0.15) is 0 Å². The molecule has 3 N–H and O–H groups in total. The summed E-state index contributed by atoms with van der Waals surface area (Å²) in [4.78, 5) is 10.8. The van der Waals surface area contributed by atoms with Gasteiger partial charge in [-0.1, -0.05) is 30.3 Å². The molecule has 1 aliphatic heterocycles. The number of nitrogens with two attached hydrogens (primary N) is 1. The van der Waals surface area contributed by atoms with Crippen molar-refractivity contribution in [2.75, 3.05) is 0 Å². The minimum absolute atomic E-state index is 0.304. The van der Waals surface area contributed by atoms with Crippen molar-refractivity contribution in [2.45, 2.75) is 6.23 Å². The molecule has 1 unspecified atom stereocenters. The van der Waals surface area contributed by atoms with Crippen molar-refractivity contribution in [1.29, 1.82) is 0 Å². The minimum atomic E-state index is -0.511. The normalized spacial score (nSPS) is 19.4. The largest absolute Gasteiger partial charge is 0.472 e. The summed E-state index contributed by atoms with van der Waals surface area (Å²) in [7, 11) is 0.